The van der Waals surface area contributed by atoms with Gasteiger partial charge in [0.25, 0.3) is 0 Å². The highest BCUT2D eigenvalue weighted by Gasteiger charge is 2.04. The Labute approximate surface area is 112 Å². The van der Waals surface area contributed by atoms with Crippen molar-refractivity contribution in [3.8, 4) is 5.75 Å². The van der Waals surface area contributed by atoms with Crippen molar-refractivity contribution in [1.29, 1.82) is 0 Å². The summed E-state index contributed by atoms with van der Waals surface area (Å²) in [6.45, 7) is 0.231. The van der Waals surface area contributed by atoms with E-state index >= 15 is 0 Å². The van der Waals surface area contributed by atoms with Crippen LogP contribution in [-0.2, 0) is 6.61 Å². The third kappa shape index (κ3) is 2.98. The van der Waals surface area contributed by atoms with Crippen LogP contribution in [0.2, 0.25) is 0 Å². The van der Waals surface area contributed by atoms with Crippen LogP contribution in [0, 0.1) is 11.6 Å². The number of hydrogen-bond acceptors (Lipinski definition) is 2. The molecule has 0 saturated heterocycles. The van der Waals surface area contributed by atoms with Gasteiger partial charge in [-0.3, -0.25) is 0 Å². The van der Waals surface area contributed by atoms with E-state index in [2.05, 4.69) is 15.9 Å². The van der Waals surface area contributed by atoms with Crippen LogP contribution >= 0.6 is 15.9 Å². The second-order valence-corrected chi connectivity index (χ2v) is 4.57. The predicted molar refractivity (Wildman–Crippen MR) is 69.2 cm³/mol. The molecule has 0 amide bonds. The lowest BCUT2D eigenvalue weighted by Gasteiger charge is -2.09. The molecule has 5 heteroatoms. The maximum atomic E-state index is 13.0. The van der Waals surface area contributed by atoms with E-state index in [1.165, 1.54) is 24.3 Å². The average molecular weight is 314 g/mol. The Morgan fingerprint density at radius 3 is 2.56 bits per heavy atom. The highest BCUT2D eigenvalue weighted by molar-refractivity contribution is 9.10. The summed E-state index contributed by atoms with van der Waals surface area (Å²) in [6.07, 6.45) is 0. The molecule has 2 aromatic carbocycles. The SMILES string of the molecule is Nc1cc(F)ccc1OCc1ccc(F)c(Br)c1. The van der Waals surface area contributed by atoms with Crippen molar-refractivity contribution >= 4 is 21.6 Å². The molecule has 2 aromatic rings. The van der Waals surface area contributed by atoms with Gasteiger partial charge in [0.05, 0.1) is 10.2 Å². The normalized spacial score (nSPS) is 10.4. The molecule has 94 valence electrons. The van der Waals surface area contributed by atoms with Gasteiger partial charge in [-0.05, 0) is 45.8 Å². The predicted octanol–water partition coefficient (Wildman–Crippen LogP) is 3.89. The van der Waals surface area contributed by atoms with E-state index < -0.39 is 5.82 Å². The first kappa shape index (κ1) is 12.8. The van der Waals surface area contributed by atoms with E-state index in [1.54, 1.807) is 12.1 Å². The van der Waals surface area contributed by atoms with E-state index in [-0.39, 0.29) is 18.1 Å². The zero-order valence-electron chi connectivity index (χ0n) is 9.29. The highest BCUT2D eigenvalue weighted by Crippen LogP contribution is 2.24. The van der Waals surface area contributed by atoms with Gasteiger partial charge in [0.1, 0.15) is 24.0 Å². The minimum atomic E-state index is -0.413. The molecule has 0 aliphatic rings. The van der Waals surface area contributed by atoms with Crippen LogP contribution in [0.25, 0.3) is 0 Å². The van der Waals surface area contributed by atoms with Crippen LogP contribution in [-0.4, -0.2) is 0 Å². The molecular formula is C13H10BrF2NO. The molecule has 2 nitrogen and oxygen atoms in total. The van der Waals surface area contributed by atoms with Crippen LogP contribution in [0.4, 0.5) is 14.5 Å². The van der Waals surface area contributed by atoms with Crippen molar-refractivity contribution in [1.82, 2.24) is 0 Å². The molecule has 0 spiro atoms. The second kappa shape index (κ2) is 5.35. The fraction of sp³-hybridized carbons (Fsp3) is 0.0769. The lowest BCUT2D eigenvalue weighted by Crippen LogP contribution is -1.99. The monoisotopic (exact) mass is 313 g/mol. The second-order valence-electron chi connectivity index (χ2n) is 3.72. The zero-order chi connectivity index (χ0) is 13.1. The fourth-order valence-electron chi connectivity index (χ4n) is 1.44. The molecule has 0 radical (unpaired) electrons. The summed E-state index contributed by atoms with van der Waals surface area (Å²) in [6, 6.07) is 8.50. The number of anilines is 1. The minimum absolute atomic E-state index is 0.231. The van der Waals surface area contributed by atoms with Crippen molar-refractivity contribution in [2.45, 2.75) is 6.61 Å². The lowest BCUT2D eigenvalue weighted by molar-refractivity contribution is 0.307. The third-order valence-corrected chi connectivity index (χ3v) is 2.96. The van der Waals surface area contributed by atoms with Crippen LogP contribution in [0.5, 0.6) is 5.75 Å². The van der Waals surface area contributed by atoms with E-state index in [0.717, 1.165) is 5.56 Å². The van der Waals surface area contributed by atoms with Gasteiger partial charge in [0.15, 0.2) is 0 Å². The Kier molecular flexibility index (Phi) is 3.81. The van der Waals surface area contributed by atoms with Crippen molar-refractivity contribution in [2.75, 3.05) is 5.73 Å². The number of halogens is 3. The molecule has 0 heterocycles. The van der Waals surface area contributed by atoms with Gasteiger partial charge in [0.2, 0.25) is 0 Å². The third-order valence-electron chi connectivity index (χ3n) is 2.35. The van der Waals surface area contributed by atoms with Crippen molar-refractivity contribution in [2.24, 2.45) is 0 Å². The fourth-order valence-corrected chi connectivity index (χ4v) is 1.87. The average Bonchev–Trinajstić information content (AvgIpc) is 2.32. The Bertz CT molecular complexity index is 575. The molecule has 0 aliphatic heterocycles. The van der Waals surface area contributed by atoms with Gasteiger partial charge in [-0.2, -0.15) is 0 Å². The van der Waals surface area contributed by atoms with Crippen molar-refractivity contribution in [3.05, 3.63) is 58.1 Å². The molecule has 0 atom stereocenters. The Morgan fingerprint density at radius 1 is 1.11 bits per heavy atom. The molecule has 0 aliphatic carbocycles. The van der Waals surface area contributed by atoms with Gasteiger partial charge in [-0.25, -0.2) is 8.78 Å². The summed E-state index contributed by atoms with van der Waals surface area (Å²) < 4.78 is 31.7. The first-order valence-electron chi connectivity index (χ1n) is 5.18. The molecule has 0 saturated carbocycles. The molecule has 2 N–H and O–H groups in total. The molecule has 2 rings (SSSR count). The van der Waals surface area contributed by atoms with Gasteiger partial charge >= 0.3 is 0 Å². The maximum absolute atomic E-state index is 13.0. The largest absolute Gasteiger partial charge is 0.487 e. The van der Waals surface area contributed by atoms with E-state index in [0.29, 0.717) is 10.2 Å². The molecule has 0 unspecified atom stereocenters. The molecule has 0 fully saturated rings. The smallest absolute Gasteiger partial charge is 0.142 e. The number of benzene rings is 2. The van der Waals surface area contributed by atoms with Gasteiger partial charge in [-0.15, -0.1) is 0 Å². The van der Waals surface area contributed by atoms with Crippen molar-refractivity contribution < 1.29 is 13.5 Å². The first-order chi connectivity index (χ1) is 8.56. The van der Waals surface area contributed by atoms with Crippen LogP contribution in [0.15, 0.2) is 40.9 Å². The van der Waals surface area contributed by atoms with Crippen molar-refractivity contribution in [3.63, 3.8) is 0 Å². The maximum Gasteiger partial charge on any atom is 0.142 e. The summed E-state index contributed by atoms with van der Waals surface area (Å²) in [5, 5.41) is 0. The van der Waals surface area contributed by atoms with Crippen LogP contribution in [0.1, 0.15) is 5.56 Å². The summed E-state index contributed by atoms with van der Waals surface area (Å²) in [4.78, 5) is 0. The quantitative estimate of drug-likeness (QED) is 0.873. The first-order valence-corrected chi connectivity index (χ1v) is 5.97. The summed E-state index contributed by atoms with van der Waals surface area (Å²) >= 11 is 3.09. The van der Waals surface area contributed by atoms with Crippen LogP contribution < -0.4 is 10.5 Å². The number of nitrogens with two attached hydrogens (primary N) is 1. The molecular weight excluding hydrogens is 304 g/mol. The van der Waals surface area contributed by atoms with Gasteiger partial charge in [0, 0.05) is 6.07 Å². The Morgan fingerprint density at radius 2 is 1.89 bits per heavy atom. The lowest BCUT2D eigenvalue weighted by atomic mass is 10.2. The van der Waals surface area contributed by atoms with Gasteiger partial charge in [-0.1, -0.05) is 6.07 Å². The van der Waals surface area contributed by atoms with E-state index in [1.807, 2.05) is 0 Å². The number of rotatable bonds is 3. The number of hydrogen-bond donors (Lipinski definition) is 1. The summed E-state index contributed by atoms with van der Waals surface area (Å²) in [5.41, 5.74) is 6.62. The van der Waals surface area contributed by atoms with Gasteiger partial charge < -0.3 is 10.5 Å². The van der Waals surface area contributed by atoms with Crippen LogP contribution in [0.3, 0.4) is 0 Å². The van der Waals surface area contributed by atoms with E-state index in [4.69, 9.17) is 10.5 Å². The number of nitrogen functional groups attached to an aromatic ring is 1. The Hall–Kier alpha value is -1.62. The molecule has 0 bridgehead atoms. The standard InChI is InChI=1S/C13H10BrF2NO/c14-10-5-8(1-3-11(10)16)7-18-13-4-2-9(15)6-12(13)17/h1-6H,7,17H2. The minimum Gasteiger partial charge on any atom is -0.487 e. The molecule has 0 aromatic heterocycles. The topological polar surface area (TPSA) is 35.2 Å². The summed E-state index contributed by atoms with van der Waals surface area (Å²) in [7, 11) is 0. The number of ether oxygens (including phenoxy) is 1. The Balaban J connectivity index is 2.09. The van der Waals surface area contributed by atoms with E-state index in [9.17, 15) is 8.78 Å². The zero-order valence-corrected chi connectivity index (χ0v) is 10.9. The molecule has 18 heavy (non-hydrogen) atoms. The highest BCUT2D eigenvalue weighted by atomic mass is 79.9. The summed E-state index contributed by atoms with van der Waals surface area (Å²) in [5.74, 6) is -0.346.